The van der Waals surface area contributed by atoms with E-state index < -0.39 is 0 Å². The number of rotatable bonds is 4. The first-order valence-electron chi connectivity index (χ1n) is 6.71. The van der Waals surface area contributed by atoms with E-state index in [0.29, 0.717) is 29.5 Å². The quantitative estimate of drug-likeness (QED) is 0.869. The molecule has 0 N–H and O–H groups in total. The highest BCUT2D eigenvalue weighted by Crippen LogP contribution is 2.28. The Hall–Kier alpha value is -1.81. The van der Waals surface area contributed by atoms with Gasteiger partial charge in [0.15, 0.2) is 11.7 Å². The molecule has 2 aromatic rings. The minimum atomic E-state index is 0.175. The first-order chi connectivity index (χ1) is 9.74. The van der Waals surface area contributed by atoms with Crippen molar-refractivity contribution in [2.45, 2.75) is 19.3 Å². The number of nitrogens with zero attached hydrogens (tertiary/aromatic N) is 2. The van der Waals surface area contributed by atoms with Crippen LogP contribution in [-0.4, -0.2) is 28.9 Å². The molecule has 0 spiro atoms. The third kappa shape index (κ3) is 2.70. The van der Waals surface area contributed by atoms with E-state index >= 15 is 0 Å². The number of hydrogen-bond donors (Lipinski definition) is 0. The number of likely N-dealkylation sites (tertiary alicyclic amines) is 1. The smallest absolute Gasteiger partial charge is 0.223 e. The van der Waals surface area contributed by atoms with Crippen molar-refractivity contribution in [3.8, 4) is 11.3 Å². The summed E-state index contributed by atoms with van der Waals surface area (Å²) in [5.41, 5.74) is 0.821. The fourth-order valence-corrected chi connectivity index (χ4v) is 2.38. The molecule has 1 aliphatic rings. The summed E-state index contributed by atoms with van der Waals surface area (Å²) in [4.78, 5) is 17.8. The molecule has 1 aromatic heterocycles. The van der Waals surface area contributed by atoms with Gasteiger partial charge in [-0.3, -0.25) is 4.79 Å². The predicted octanol–water partition coefficient (Wildman–Crippen LogP) is 3.16. The molecule has 0 radical (unpaired) electrons. The first kappa shape index (κ1) is 13.2. The van der Waals surface area contributed by atoms with Gasteiger partial charge in [0.05, 0.1) is 11.2 Å². The van der Waals surface area contributed by atoms with E-state index in [2.05, 4.69) is 4.98 Å². The molecule has 1 fully saturated rings. The number of aryl methyl sites for hydroxylation is 1. The van der Waals surface area contributed by atoms with E-state index in [1.807, 2.05) is 29.2 Å². The minimum Gasteiger partial charge on any atom is -0.441 e. The van der Waals surface area contributed by atoms with Crippen molar-refractivity contribution in [2.24, 2.45) is 0 Å². The van der Waals surface area contributed by atoms with E-state index in [1.54, 1.807) is 6.20 Å². The molecule has 1 aliphatic heterocycles. The Balaban J connectivity index is 1.65. The molecule has 0 unspecified atom stereocenters. The molecule has 1 amide bonds. The number of carbonyl (C=O) groups excluding carboxylic acids is 1. The van der Waals surface area contributed by atoms with Crippen molar-refractivity contribution >= 4 is 17.5 Å². The standard InChI is InChI=1S/C15H15ClN2O2/c16-12-5-2-1-4-11(12)13-10-17-14(20-13)6-7-15(19)18-8-3-9-18/h1-2,4-5,10H,3,6-9H2. The third-order valence-corrected chi connectivity index (χ3v) is 3.78. The van der Waals surface area contributed by atoms with Crippen LogP contribution in [0.5, 0.6) is 0 Å². The van der Waals surface area contributed by atoms with Gasteiger partial charge in [-0.2, -0.15) is 0 Å². The minimum absolute atomic E-state index is 0.175. The number of amides is 1. The summed E-state index contributed by atoms with van der Waals surface area (Å²) in [5, 5.41) is 0.631. The van der Waals surface area contributed by atoms with E-state index in [9.17, 15) is 4.79 Å². The van der Waals surface area contributed by atoms with Gasteiger partial charge < -0.3 is 9.32 Å². The van der Waals surface area contributed by atoms with Crippen LogP contribution in [0, 0.1) is 0 Å². The average Bonchev–Trinajstić information content (AvgIpc) is 2.83. The molecule has 5 heteroatoms. The molecule has 1 aromatic carbocycles. The van der Waals surface area contributed by atoms with Crippen LogP contribution in [0.4, 0.5) is 0 Å². The Morgan fingerprint density at radius 1 is 1.35 bits per heavy atom. The number of hydrogen-bond acceptors (Lipinski definition) is 3. The summed E-state index contributed by atoms with van der Waals surface area (Å²) >= 11 is 6.11. The van der Waals surface area contributed by atoms with Gasteiger partial charge >= 0.3 is 0 Å². The van der Waals surface area contributed by atoms with Gasteiger partial charge in [-0.25, -0.2) is 4.98 Å². The second kappa shape index (κ2) is 5.67. The summed E-state index contributed by atoms with van der Waals surface area (Å²) in [6.07, 6.45) is 3.74. The predicted molar refractivity (Wildman–Crippen MR) is 76.5 cm³/mol. The van der Waals surface area contributed by atoms with Crippen LogP contribution in [0.2, 0.25) is 5.02 Å². The number of halogens is 1. The Kier molecular flexibility index (Phi) is 3.74. The van der Waals surface area contributed by atoms with Crippen LogP contribution in [-0.2, 0) is 11.2 Å². The lowest BCUT2D eigenvalue weighted by atomic mass is 10.2. The average molecular weight is 291 g/mol. The lowest BCUT2D eigenvalue weighted by Gasteiger charge is -2.30. The second-order valence-corrected chi connectivity index (χ2v) is 5.24. The van der Waals surface area contributed by atoms with Gasteiger partial charge in [0, 0.05) is 31.5 Å². The second-order valence-electron chi connectivity index (χ2n) is 4.83. The maximum absolute atomic E-state index is 11.8. The van der Waals surface area contributed by atoms with Gasteiger partial charge in [0.1, 0.15) is 0 Å². The molecule has 3 rings (SSSR count). The largest absolute Gasteiger partial charge is 0.441 e. The fourth-order valence-electron chi connectivity index (χ4n) is 2.15. The zero-order chi connectivity index (χ0) is 13.9. The highest BCUT2D eigenvalue weighted by atomic mass is 35.5. The molecule has 0 bridgehead atoms. The van der Waals surface area contributed by atoms with E-state index in [0.717, 1.165) is 25.1 Å². The van der Waals surface area contributed by atoms with Gasteiger partial charge in [-0.15, -0.1) is 0 Å². The lowest BCUT2D eigenvalue weighted by molar-refractivity contribution is -0.134. The number of oxazole rings is 1. The van der Waals surface area contributed by atoms with Gasteiger partial charge in [0.2, 0.25) is 5.91 Å². The molecular formula is C15H15ClN2O2. The van der Waals surface area contributed by atoms with E-state index in [4.69, 9.17) is 16.0 Å². The summed E-state index contributed by atoms with van der Waals surface area (Å²) < 4.78 is 5.67. The fraction of sp³-hybridized carbons (Fsp3) is 0.333. The van der Waals surface area contributed by atoms with E-state index in [-0.39, 0.29) is 5.91 Å². The maximum atomic E-state index is 11.8. The van der Waals surface area contributed by atoms with Crippen molar-refractivity contribution in [1.82, 2.24) is 9.88 Å². The van der Waals surface area contributed by atoms with E-state index in [1.165, 1.54) is 0 Å². The Bertz CT molecular complexity index is 620. The molecule has 0 aliphatic carbocycles. The number of carbonyl (C=O) groups is 1. The van der Waals surface area contributed by atoms with Crippen LogP contribution in [0.25, 0.3) is 11.3 Å². The van der Waals surface area contributed by atoms with Crippen LogP contribution >= 0.6 is 11.6 Å². The van der Waals surface area contributed by atoms with Crippen molar-refractivity contribution in [3.63, 3.8) is 0 Å². The molecule has 1 saturated heterocycles. The SMILES string of the molecule is O=C(CCc1ncc(-c2ccccc2Cl)o1)N1CCC1. The van der Waals surface area contributed by atoms with Gasteiger partial charge in [-0.1, -0.05) is 23.7 Å². The molecular weight excluding hydrogens is 276 g/mol. The third-order valence-electron chi connectivity index (χ3n) is 3.45. The summed E-state index contributed by atoms with van der Waals surface area (Å²) in [7, 11) is 0. The summed E-state index contributed by atoms with van der Waals surface area (Å²) in [6.45, 7) is 1.77. The van der Waals surface area contributed by atoms with Crippen molar-refractivity contribution in [1.29, 1.82) is 0 Å². The zero-order valence-corrected chi connectivity index (χ0v) is 11.8. The first-order valence-corrected chi connectivity index (χ1v) is 7.09. The van der Waals surface area contributed by atoms with Crippen LogP contribution in [0.1, 0.15) is 18.7 Å². The Labute approximate surface area is 122 Å². The number of benzene rings is 1. The highest BCUT2D eigenvalue weighted by molar-refractivity contribution is 6.33. The summed E-state index contributed by atoms with van der Waals surface area (Å²) in [5.74, 6) is 1.39. The van der Waals surface area contributed by atoms with Crippen LogP contribution in [0.3, 0.4) is 0 Å². The molecule has 104 valence electrons. The molecule has 2 heterocycles. The highest BCUT2D eigenvalue weighted by Gasteiger charge is 2.20. The summed E-state index contributed by atoms with van der Waals surface area (Å²) in [6, 6.07) is 7.47. The normalized spacial score (nSPS) is 14.2. The Morgan fingerprint density at radius 2 is 2.15 bits per heavy atom. The molecule has 4 nitrogen and oxygen atoms in total. The van der Waals surface area contributed by atoms with Gasteiger partial charge in [0.25, 0.3) is 0 Å². The van der Waals surface area contributed by atoms with Gasteiger partial charge in [-0.05, 0) is 18.6 Å². The zero-order valence-electron chi connectivity index (χ0n) is 11.0. The molecule has 0 atom stereocenters. The number of aromatic nitrogens is 1. The molecule has 0 saturated carbocycles. The molecule has 20 heavy (non-hydrogen) atoms. The lowest BCUT2D eigenvalue weighted by Crippen LogP contribution is -2.42. The monoisotopic (exact) mass is 290 g/mol. The van der Waals surface area contributed by atoms with Crippen molar-refractivity contribution in [3.05, 3.63) is 41.4 Å². The van der Waals surface area contributed by atoms with Crippen molar-refractivity contribution in [2.75, 3.05) is 13.1 Å². The maximum Gasteiger partial charge on any atom is 0.223 e. The Morgan fingerprint density at radius 3 is 2.85 bits per heavy atom. The topological polar surface area (TPSA) is 46.3 Å². The van der Waals surface area contributed by atoms with Crippen LogP contribution < -0.4 is 0 Å². The van der Waals surface area contributed by atoms with Crippen LogP contribution in [0.15, 0.2) is 34.9 Å². The van der Waals surface area contributed by atoms with Crippen molar-refractivity contribution < 1.29 is 9.21 Å².